The van der Waals surface area contributed by atoms with Gasteiger partial charge in [0, 0.05) is 6.61 Å². The maximum Gasteiger partial charge on any atom is 0.198 e. The van der Waals surface area contributed by atoms with Crippen molar-refractivity contribution >= 4 is 16.8 Å². The van der Waals surface area contributed by atoms with Crippen molar-refractivity contribution in [2.75, 3.05) is 12.3 Å². The zero-order valence-electron chi connectivity index (χ0n) is 9.69. The second-order valence-electron chi connectivity index (χ2n) is 4.49. The molecule has 17 heavy (non-hydrogen) atoms. The van der Waals surface area contributed by atoms with Crippen LogP contribution in [0.3, 0.4) is 0 Å². The minimum Gasteiger partial charge on any atom is -0.441 e. The number of rotatable bonds is 2. The van der Waals surface area contributed by atoms with Crippen molar-refractivity contribution in [3.05, 3.63) is 24.1 Å². The highest BCUT2D eigenvalue weighted by Gasteiger charge is 2.18. The van der Waals surface area contributed by atoms with Crippen LogP contribution in [0.2, 0.25) is 0 Å². The lowest BCUT2D eigenvalue weighted by molar-refractivity contribution is 0.0134. The molecule has 3 rings (SSSR count). The molecule has 4 nitrogen and oxygen atoms in total. The molecule has 90 valence electrons. The predicted octanol–water partition coefficient (Wildman–Crippen LogP) is 2.52. The monoisotopic (exact) mass is 232 g/mol. The van der Waals surface area contributed by atoms with Crippen molar-refractivity contribution in [3.8, 4) is 0 Å². The van der Waals surface area contributed by atoms with E-state index in [1.807, 2.05) is 18.2 Å². The van der Waals surface area contributed by atoms with E-state index in [2.05, 4.69) is 4.98 Å². The van der Waals surface area contributed by atoms with Crippen molar-refractivity contribution < 1.29 is 9.15 Å². The van der Waals surface area contributed by atoms with Gasteiger partial charge in [-0.05, 0) is 31.4 Å². The van der Waals surface area contributed by atoms with Crippen molar-refractivity contribution in [1.82, 2.24) is 4.98 Å². The van der Waals surface area contributed by atoms with Crippen LogP contribution in [0, 0.1) is 0 Å². The lowest BCUT2D eigenvalue weighted by atomic mass is 10.1. The van der Waals surface area contributed by atoms with E-state index in [-0.39, 0.29) is 6.10 Å². The molecule has 1 aliphatic heterocycles. The molecule has 0 aliphatic carbocycles. The summed E-state index contributed by atoms with van der Waals surface area (Å²) < 4.78 is 11.4. The van der Waals surface area contributed by atoms with Crippen LogP contribution in [0.15, 0.2) is 22.6 Å². The van der Waals surface area contributed by atoms with E-state index in [1.54, 1.807) is 0 Å². The summed E-state index contributed by atoms with van der Waals surface area (Å²) in [6.07, 6.45) is 4.48. The molecule has 4 heteroatoms. The quantitative estimate of drug-likeness (QED) is 0.808. The first-order valence-corrected chi connectivity index (χ1v) is 6.08. The zero-order valence-corrected chi connectivity index (χ0v) is 9.69. The van der Waals surface area contributed by atoms with E-state index in [9.17, 15) is 0 Å². The van der Waals surface area contributed by atoms with Crippen molar-refractivity contribution in [1.29, 1.82) is 0 Å². The highest BCUT2D eigenvalue weighted by atomic mass is 16.5. The van der Waals surface area contributed by atoms with Gasteiger partial charge in [0.05, 0.1) is 18.2 Å². The fraction of sp³-hybridized carbons (Fsp3) is 0.462. The minimum atomic E-state index is 0.248. The molecule has 1 aromatic carbocycles. The Hall–Kier alpha value is -1.55. The first kappa shape index (κ1) is 10.6. The number of ether oxygens (including phenoxy) is 1. The number of aromatic nitrogens is 1. The first-order chi connectivity index (χ1) is 8.33. The molecule has 2 aromatic rings. The number of hydrogen-bond donors (Lipinski definition) is 1. The molecule has 0 spiro atoms. The zero-order chi connectivity index (χ0) is 11.7. The van der Waals surface area contributed by atoms with E-state index in [0.29, 0.717) is 5.69 Å². The summed E-state index contributed by atoms with van der Waals surface area (Å²) in [5, 5.41) is 0. The lowest BCUT2D eigenvalue weighted by Gasteiger charge is -2.20. The number of anilines is 1. The number of oxazole rings is 1. The number of fused-ring (bicyclic) bond motifs is 1. The fourth-order valence-corrected chi connectivity index (χ4v) is 2.27. The lowest BCUT2D eigenvalue weighted by Crippen LogP contribution is -2.21. The predicted molar refractivity (Wildman–Crippen MR) is 65.7 cm³/mol. The van der Waals surface area contributed by atoms with Gasteiger partial charge in [0.1, 0.15) is 5.52 Å². The van der Waals surface area contributed by atoms with Gasteiger partial charge < -0.3 is 14.9 Å². The first-order valence-electron chi connectivity index (χ1n) is 6.08. The van der Waals surface area contributed by atoms with E-state index < -0.39 is 0 Å². The Balaban J connectivity index is 1.83. The Morgan fingerprint density at radius 1 is 1.35 bits per heavy atom. The SMILES string of the molecule is Nc1cccc2oc(CC3CCCCO3)nc12. The number of benzene rings is 1. The number of nitrogens with zero attached hydrogens (tertiary/aromatic N) is 1. The standard InChI is InChI=1S/C13H16N2O2/c14-10-5-3-6-11-13(10)15-12(17-11)8-9-4-1-2-7-16-9/h3,5-6,9H,1-2,4,7-8,14H2. The number of nitrogen functional groups attached to an aromatic ring is 1. The molecule has 0 saturated carbocycles. The minimum absolute atomic E-state index is 0.248. The van der Waals surface area contributed by atoms with Gasteiger partial charge in [-0.1, -0.05) is 6.07 Å². The Labute approximate surface area is 99.8 Å². The maximum absolute atomic E-state index is 5.85. The maximum atomic E-state index is 5.85. The molecule has 1 saturated heterocycles. The Kier molecular flexibility index (Phi) is 2.73. The third-order valence-corrected chi connectivity index (χ3v) is 3.17. The number of hydrogen-bond acceptors (Lipinski definition) is 4. The summed E-state index contributed by atoms with van der Waals surface area (Å²) in [5.41, 5.74) is 8.04. The average Bonchev–Trinajstić information content (AvgIpc) is 2.74. The third kappa shape index (κ3) is 2.13. The van der Waals surface area contributed by atoms with Gasteiger partial charge in [0.2, 0.25) is 0 Å². The highest BCUT2D eigenvalue weighted by Crippen LogP contribution is 2.23. The van der Waals surface area contributed by atoms with Gasteiger partial charge in [0.15, 0.2) is 11.5 Å². The smallest absolute Gasteiger partial charge is 0.198 e. The van der Waals surface area contributed by atoms with Crippen LogP contribution in [0.1, 0.15) is 25.2 Å². The van der Waals surface area contributed by atoms with Crippen LogP contribution < -0.4 is 5.73 Å². The van der Waals surface area contributed by atoms with Crippen LogP contribution >= 0.6 is 0 Å². The van der Waals surface area contributed by atoms with E-state index >= 15 is 0 Å². The summed E-state index contributed by atoms with van der Waals surface area (Å²) in [6.45, 7) is 0.854. The fourth-order valence-electron chi connectivity index (χ4n) is 2.27. The van der Waals surface area contributed by atoms with Gasteiger partial charge in [-0.15, -0.1) is 0 Å². The molecule has 0 bridgehead atoms. The molecular formula is C13H16N2O2. The molecule has 0 radical (unpaired) electrons. The van der Waals surface area contributed by atoms with Crippen LogP contribution in [-0.2, 0) is 11.2 Å². The largest absolute Gasteiger partial charge is 0.441 e. The normalized spacial score (nSPS) is 20.8. The molecule has 2 N–H and O–H groups in total. The Morgan fingerprint density at radius 3 is 3.06 bits per heavy atom. The molecule has 1 fully saturated rings. The van der Waals surface area contributed by atoms with E-state index in [4.69, 9.17) is 14.9 Å². The second kappa shape index (κ2) is 4.37. The summed E-state index contributed by atoms with van der Waals surface area (Å²) in [7, 11) is 0. The third-order valence-electron chi connectivity index (χ3n) is 3.17. The van der Waals surface area contributed by atoms with Crippen LogP contribution in [0.4, 0.5) is 5.69 Å². The van der Waals surface area contributed by atoms with Crippen molar-refractivity contribution in [2.24, 2.45) is 0 Å². The van der Waals surface area contributed by atoms with Crippen LogP contribution in [-0.4, -0.2) is 17.7 Å². The second-order valence-corrected chi connectivity index (χ2v) is 4.49. The molecule has 1 aromatic heterocycles. The van der Waals surface area contributed by atoms with Crippen LogP contribution in [0.5, 0.6) is 0 Å². The Morgan fingerprint density at radius 2 is 2.29 bits per heavy atom. The van der Waals surface area contributed by atoms with Crippen molar-refractivity contribution in [3.63, 3.8) is 0 Å². The van der Waals surface area contributed by atoms with E-state index in [1.165, 1.54) is 6.42 Å². The molecule has 1 atom stereocenters. The topological polar surface area (TPSA) is 61.3 Å². The molecule has 0 amide bonds. The number of nitrogens with two attached hydrogens (primary N) is 1. The van der Waals surface area contributed by atoms with Gasteiger partial charge in [-0.25, -0.2) is 4.98 Å². The van der Waals surface area contributed by atoms with Crippen LogP contribution in [0.25, 0.3) is 11.1 Å². The van der Waals surface area contributed by atoms with Gasteiger partial charge in [0.25, 0.3) is 0 Å². The molecule has 1 aliphatic rings. The van der Waals surface area contributed by atoms with Gasteiger partial charge in [-0.3, -0.25) is 0 Å². The summed E-state index contributed by atoms with van der Waals surface area (Å²) in [6, 6.07) is 5.61. The molecule has 2 heterocycles. The average molecular weight is 232 g/mol. The van der Waals surface area contributed by atoms with E-state index in [0.717, 1.165) is 42.9 Å². The van der Waals surface area contributed by atoms with Gasteiger partial charge in [-0.2, -0.15) is 0 Å². The molecular weight excluding hydrogens is 216 g/mol. The van der Waals surface area contributed by atoms with Gasteiger partial charge >= 0.3 is 0 Å². The number of para-hydroxylation sites is 1. The summed E-state index contributed by atoms with van der Waals surface area (Å²) >= 11 is 0. The Bertz CT molecular complexity index is 515. The summed E-state index contributed by atoms with van der Waals surface area (Å²) in [5.74, 6) is 0.727. The summed E-state index contributed by atoms with van der Waals surface area (Å²) in [4.78, 5) is 4.43. The molecule has 1 unspecified atom stereocenters. The van der Waals surface area contributed by atoms with Crippen molar-refractivity contribution in [2.45, 2.75) is 31.8 Å². The highest BCUT2D eigenvalue weighted by molar-refractivity contribution is 5.85.